The van der Waals surface area contributed by atoms with Crippen LogP contribution in [-0.4, -0.2) is 41.5 Å². The van der Waals surface area contributed by atoms with Crippen LogP contribution in [0, 0.1) is 0 Å². The summed E-state index contributed by atoms with van der Waals surface area (Å²) in [5.74, 6) is -2.56. The Bertz CT molecular complexity index is 308. The van der Waals surface area contributed by atoms with E-state index in [4.69, 9.17) is 22.3 Å². The van der Waals surface area contributed by atoms with Crippen LogP contribution in [0.1, 0.15) is 25.7 Å². The number of carboxylic acids is 1. The molecule has 0 saturated heterocycles. The largest absolute Gasteiger partial charge is 0.480 e. The second-order valence-electron chi connectivity index (χ2n) is 3.96. The minimum absolute atomic E-state index is 0.265. The zero-order chi connectivity index (χ0) is 14.1. The molecule has 0 aliphatic carbocycles. The Balaban J connectivity index is 4.26. The highest BCUT2D eigenvalue weighted by Crippen LogP contribution is 2.01. The molecule has 0 saturated carbocycles. The van der Waals surface area contributed by atoms with Gasteiger partial charge in [-0.15, -0.1) is 0 Å². The lowest BCUT2D eigenvalue weighted by molar-refractivity contribution is -0.142. The van der Waals surface area contributed by atoms with Crippen molar-refractivity contribution in [3.8, 4) is 0 Å². The van der Waals surface area contributed by atoms with Crippen LogP contribution >= 0.6 is 0 Å². The summed E-state index contributed by atoms with van der Waals surface area (Å²) in [6.45, 7) is 0.460. The van der Waals surface area contributed by atoms with E-state index in [2.05, 4.69) is 5.32 Å². The normalized spacial score (nSPS) is 13.7. The SMILES string of the molecule is NCCCC[C@@H](NC(=O)[C@@H](N)CC(N)=O)C(=O)O. The molecular weight excluding hydrogens is 240 g/mol. The van der Waals surface area contributed by atoms with E-state index in [1.54, 1.807) is 0 Å². The first-order valence-electron chi connectivity index (χ1n) is 5.65. The minimum Gasteiger partial charge on any atom is -0.480 e. The molecule has 8 heteroatoms. The van der Waals surface area contributed by atoms with Crippen molar-refractivity contribution < 1.29 is 19.5 Å². The number of unbranched alkanes of at least 4 members (excludes halogenated alkanes) is 1. The van der Waals surface area contributed by atoms with Crippen LogP contribution in [0.3, 0.4) is 0 Å². The van der Waals surface area contributed by atoms with Gasteiger partial charge in [-0.05, 0) is 25.8 Å². The Hall–Kier alpha value is -1.67. The van der Waals surface area contributed by atoms with Crippen molar-refractivity contribution in [2.45, 2.75) is 37.8 Å². The lowest BCUT2D eigenvalue weighted by Crippen LogP contribution is -2.49. The predicted molar refractivity (Wildman–Crippen MR) is 64.3 cm³/mol. The topological polar surface area (TPSA) is 162 Å². The van der Waals surface area contributed by atoms with Gasteiger partial charge < -0.3 is 27.6 Å². The lowest BCUT2D eigenvalue weighted by atomic mass is 10.1. The maximum atomic E-state index is 11.5. The number of nitrogens with two attached hydrogens (primary N) is 3. The second kappa shape index (κ2) is 8.43. The number of hydrogen-bond donors (Lipinski definition) is 5. The zero-order valence-electron chi connectivity index (χ0n) is 10.1. The summed E-state index contributed by atoms with van der Waals surface area (Å²) >= 11 is 0. The second-order valence-corrected chi connectivity index (χ2v) is 3.96. The highest BCUT2D eigenvalue weighted by molar-refractivity contribution is 5.90. The third kappa shape index (κ3) is 6.81. The smallest absolute Gasteiger partial charge is 0.326 e. The Kier molecular flexibility index (Phi) is 7.64. The molecule has 0 aliphatic heterocycles. The maximum Gasteiger partial charge on any atom is 0.326 e. The molecule has 8 nitrogen and oxygen atoms in total. The van der Waals surface area contributed by atoms with Crippen molar-refractivity contribution in [1.29, 1.82) is 0 Å². The summed E-state index contributed by atoms with van der Waals surface area (Å²) < 4.78 is 0. The molecule has 0 fully saturated rings. The highest BCUT2D eigenvalue weighted by Gasteiger charge is 2.23. The van der Waals surface area contributed by atoms with Gasteiger partial charge in [0, 0.05) is 0 Å². The molecule has 0 rings (SSSR count). The van der Waals surface area contributed by atoms with Gasteiger partial charge in [0.05, 0.1) is 12.5 Å². The average molecular weight is 260 g/mol. The molecule has 0 aromatic carbocycles. The molecule has 0 aromatic rings. The van der Waals surface area contributed by atoms with Gasteiger partial charge in [0.1, 0.15) is 6.04 Å². The van der Waals surface area contributed by atoms with Crippen LogP contribution < -0.4 is 22.5 Å². The molecule has 0 aromatic heterocycles. The molecule has 104 valence electrons. The first-order valence-corrected chi connectivity index (χ1v) is 5.65. The Morgan fingerprint density at radius 1 is 1.22 bits per heavy atom. The number of aliphatic carboxylic acids is 1. The average Bonchev–Trinajstić information content (AvgIpc) is 2.26. The summed E-state index contributed by atoms with van der Waals surface area (Å²) in [6, 6.07) is -2.15. The number of amides is 2. The Labute approximate surface area is 105 Å². The van der Waals surface area contributed by atoms with E-state index >= 15 is 0 Å². The van der Waals surface area contributed by atoms with Crippen molar-refractivity contribution in [3.63, 3.8) is 0 Å². The molecule has 0 spiro atoms. The zero-order valence-corrected chi connectivity index (χ0v) is 10.1. The fraction of sp³-hybridized carbons (Fsp3) is 0.700. The molecular formula is C10H20N4O4. The van der Waals surface area contributed by atoms with Gasteiger partial charge in [0.2, 0.25) is 11.8 Å². The quantitative estimate of drug-likeness (QED) is 0.298. The van der Waals surface area contributed by atoms with Gasteiger partial charge in [-0.3, -0.25) is 9.59 Å². The van der Waals surface area contributed by atoms with Crippen LogP contribution in [0.2, 0.25) is 0 Å². The van der Waals surface area contributed by atoms with Gasteiger partial charge in [0.15, 0.2) is 0 Å². The molecule has 2 amide bonds. The number of rotatable bonds is 9. The standard InChI is InChI=1S/C10H20N4O4/c11-4-2-1-3-7(10(17)18)14-9(16)6(12)5-8(13)15/h6-7H,1-5,11-12H2,(H2,13,15)(H,14,16)(H,17,18)/t6-,7+/m0/s1. The number of carbonyl (C=O) groups is 3. The Morgan fingerprint density at radius 3 is 2.28 bits per heavy atom. The number of primary amides is 1. The van der Waals surface area contributed by atoms with Crippen molar-refractivity contribution >= 4 is 17.8 Å². The van der Waals surface area contributed by atoms with Crippen LogP contribution in [0.5, 0.6) is 0 Å². The summed E-state index contributed by atoms with van der Waals surface area (Å²) in [5, 5.41) is 11.2. The molecule has 0 bridgehead atoms. The van der Waals surface area contributed by atoms with Gasteiger partial charge in [-0.2, -0.15) is 0 Å². The van der Waals surface area contributed by atoms with E-state index in [1.807, 2.05) is 0 Å². The minimum atomic E-state index is -1.15. The van der Waals surface area contributed by atoms with Crippen LogP contribution in [0.25, 0.3) is 0 Å². The number of carbonyl (C=O) groups excluding carboxylic acids is 2. The summed E-state index contributed by atoms with van der Waals surface area (Å²) in [4.78, 5) is 33.0. The van der Waals surface area contributed by atoms with Crippen LogP contribution in [0.15, 0.2) is 0 Å². The third-order valence-corrected chi connectivity index (χ3v) is 2.32. The highest BCUT2D eigenvalue weighted by atomic mass is 16.4. The van der Waals surface area contributed by atoms with Crippen molar-refractivity contribution in [1.82, 2.24) is 5.32 Å². The molecule has 8 N–H and O–H groups in total. The van der Waals surface area contributed by atoms with Gasteiger partial charge in [-0.1, -0.05) is 0 Å². The van der Waals surface area contributed by atoms with Crippen molar-refractivity contribution in [2.75, 3.05) is 6.54 Å². The summed E-state index contributed by atoms with van der Waals surface area (Å²) in [5.41, 5.74) is 15.6. The summed E-state index contributed by atoms with van der Waals surface area (Å²) in [6.07, 6.45) is 1.20. The molecule has 0 radical (unpaired) electrons. The maximum absolute atomic E-state index is 11.5. The van der Waals surface area contributed by atoms with Gasteiger partial charge in [0.25, 0.3) is 0 Å². The molecule has 0 unspecified atom stereocenters. The van der Waals surface area contributed by atoms with Crippen LogP contribution in [0.4, 0.5) is 0 Å². The first kappa shape index (κ1) is 16.3. The predicted octanol–water partition coefficient (Wildman–Crippen LogP) is -2.11. The molecule has 18 heavy (non-hydrogen) atoms. The van der Waals surface area contributed by atoms with E-state index in [0.29, 0.717) is 19.4 Å². The summed E-state index contributed by atoms with van der Waals surface area (Å²) in [7, 11) is 0. The number of hydrogen-bond acceptors (Lipinski definition) is 5. The van der Waals surface area contributed by atoms with E-state index < -0.39 is 29.9 Å². The molecule has 0 aliphatic rings. The number of carboxylic acid groups (broad SMARTS) is 1. The molecule has 0 heterocycles. The monoisotopic (exact) mass is 260 g/mol. The van der Waals surface area contributed by atoms with E-state index in [9.17, 15) is 14.4 Å². The molecule has 2 atom stereocenters. The fourth-order valence-electron chi connectivity index (χ4n) is 1.34. The fourth-order valence-corrected chi connectivity index (χ4v) is 1.34. The Morgan fingerprint density at radius 2 is 1.83 bits per heavy atom. The van der Waals surface area contributed by atoms with E-state index in [-0.39, 0.29) is 12.8 Å². The van der Waals surface area contributed by atoms with Crippen molar-refractivity contribution in [3.05, 3.63) is 0 Å². The van der Waals surface area contributed by atoms with Crippen molar-refractivity contribution in [2.24, 2.45) is 17.2 Å². The van der Waals surface area contributed by atoms with Gasteiger partial charge >= 0.3 is 5.97 Å². The third-order valence-electron chi connectivity index (χ3n) is 2.32. The number of nitrogens with one attached hydrogen (secondary N) is 1. The van der Waals surface area contributed by atoms with Gasteiger partial charge in [-0.25, -0.2) is 4.79 Å². The van der Waals surface area contributed by atoms with E-state index in [1.165, 1.54) is 0 Å². The van der Waals surface area contributed by atoms with Crippen LogP contribution in [-0.2, 0) is 14.4 Å². The first-order chi connectivity index (χ1) is 8.38. The van der Waals surface area contributed by atoms with E-state index in [0.717, 1.165) is 0 Å². The lowest BCUT2D eigenvalue weighted by Gasteiger charge is -2.17.